The SMILES string of the molecule is CCNC(=NCCOC1CCCCCC1)NCCC(=O)NC(C)CC. The number of aliphatic imine (C=N–C) groups is 1. The maximum atomic E-state index is 11.8. The Kier molecular flexibility index (Phi) is 12.1. The Balaban J connectivity index is 2.22. The lowest BCUT2D eigenvalue weighted by Gasteiger charge is -2.15. The van der Waals surface area contributed by atoms with Crippen LogP contribution in [0.1, 0.15) is 72.1 Å². The molecule has 0 aliphatic heterocycles. The molecule has 1 aliphatic carbocycles. The Morgan fingerprint density at radius 3 is 2.52 bits per heavy atom. The molecule has 0 aromatic rings. The van der Waals surface area contributed by atoms with E-state index in [0.717, 1.165) is 18.9 Å². The molecule has 1 amide bonds. The first kappa shape index (κ1) is 21.7. The van der Waals surface area contributed by atoms with E-state index in [1.54, 1.807) is 0 Å². The highest BCUT2D eigenvalue weighted by atomic mass is 16.5. The third-order valence-corrected chi connectivity index (χ3v) is 4.53. The molecule has 6 nitrogen and oxygen atoms in total. The summed E-state index contributed by atoms with van der Waals surface area (Å²) in [5.74, 6) is 0.831. The molecule has 1 unspecified atom stereocenters. The molecule has 1 aliphatic rings. The Bertz CT molecular complexity index is 380. The van der Waals surface area contributed by atoms with Gasteiger partial charge in [0, 0.05) is 25.6 Å². The number of carbonyl (C=O) groups excluding carboxylic acids is 1. The Labute approximate surface area is 153 Å². The van der Waals surface area contributed by atoms with Crippen LogP contribution in [0.3, 0.4) is 0 Å². The molecule has 1 fully saturated rings. The van der Waals surface area contributed by atoms with Gasteiger partial charge in [0.25, 0.3) is 0 Å². The fraction of sp³-hybridized carbons (Fsp3) is 0.895. The molecule has 1 atom stereocenters. The fourth-order valence-electron chi connectivity index (χ4n) is 2.87. The van der Waals surface area contributed by atoms with Crippen LogP contribution in [0.2, 0.25) is 0 Å². The van der Waals surface area contributed by atoms with Crippen molar-refractivity contribution in [2.24, 2.45) is 4.99 Å². The lowest BCUT2D eigenvalue weighted by atomic mass is 10.1. The fourth-order valence-corrected chi connectivity index (χ4v) is 2.87. The molecule has 0 spiro atoms. The van der Waals surface area contributed by atoms with Crippen LogP contribution < -0.4 is 16.0 Å². The first-order valence-electron chi connectivity index (χ1n) is 10.1. The van der Waals surface area contributed by atoms with Crippen molar-refractivity contribution in [2.75, 3.05) is 26.2 Å². The number of nitrogens with one attached hydrogen (secondary N) is 3. The number of amides is 1. The standard InChI is InChI=1S/C19H38N4O2/c1-4-16(3)23-18(24)12-13-21-19(20-5-2)22-14-15-25-17-10-8-6-7-9-11-17/h16-17H,4-15H2,1-3H3,(H,23,24)(H2,20,21,22). The Morgan fingerprint density at radius 1 is 1.16 bits per heavy atom. The van der Waals surface area contributed by atoms with Crippen molar-refractivity contribution in [3.8, 4) is 0 Å². The minimum atomic E-state index is 0.0781. The largest absolute Gasteiger partial charge is 0.376 e. The van der Waals surface area contributed by atoms with E-state index in [-0.39, 0.29) is 11.9 Å². The van der Waals surface area contributed by atoms with Gasteiger partial charge in [-0.25, -0.2) is 0 Å². The van der Waals surface area contributed by atoms with Crippen molar-refractivity contribution < 1.29 is 9.53 Å². The van der Waals surface area contributed by atoms with Gasteiger partial charge < -0.3 is 20.7 Å². The summed E-state index contributed by atoms with van der Waals surface area (Å²) in [7, 11) is 0. The van der Waals surface area contributed by atoms with E-state index in [4.69, 9.17) is 4.74 Å². The zero-order valence-corrected chi connectivity index (χ0v) is 16.4. The van der Waals surface area contributed by atoms with Crippen molar-refractivity contribution in [1.82, 2.24) is 16.0 Å². The second-order valence-corrected chi connectivity index (χ2v) is 6.80. The summed E-state index contributed by atoms with van der Waals surface area (Å²) in [4.78, 5) is 16.3. The third-order valence-electron chi connectivity index (χ3n) is 4.53. The molecule has 1 saturated carbocycles. The van der Waals surface area contributed by atoms with E-state index >= 15 is 0 Å². The van der Waals surface area contributed by atoms with Crippen LogP contribution in [-0.2, 0) is 9.53 Å². The number of carbonyl (C=O) groups is 1. The second-order valence-electron chi connectivity index (χ2n) is 6.80. The molecule has 6 heteroatoms. The molecular weight excluding hydrogens is 316 g/mol. The minimum absolute atomic E-state index is 0.0781. The number of ether oxygens (including phenoxy) is 1. The molecule has 0 bridgehead atoms. The molecular formula is C19H38N4O2. The Morgan fingerprint density at radius 2 is 1.88 bits per heavy atom. The zero-order valence-electron chi connectivity index (χ0n) is 16.4. The van der Waals surface area contributed by atoms with Gasteiger partial charge >= 0.3 is 0 Å². The van der Waals surface area contributed by atoms with Gasteiger partial charge in [-0.05, 0) is 33.1 Å². The topological polar surface area (TPSA) is 74.8 Å². The second kappa shape index (κ2) is 13.9. The van der Waals surface area contributed by atoms with Crippen LogP contribution in [0.15, 0.2) is 4.99 Å². The highest BCUT2D eigenvalue weighted by molar-refractivity contribution is 5.81. The third kappa shape index (κ3) is 11.0. The number of nitrogens with zero attached hydrogens (tertiary/aromatic N) is 1. The van der Waals surface area contributed by atoms with Crippen molar-refractivity contribution in [2.45, 2.75) is 84.3 Å². The van der Waals surface area contributed by atoms with Crippen LogP contribution >= 0.6 is 0 Å². The molecule has 0 radical (unpaired) electrons. The summed E-state index contributed by atoms with van der Waals surface area (Å²) < 4.78 is 5.96. The van der Waals surface area contributed by atoms with Crippen LogP contribution in [0.5, 0.6) is 0 Å². The summed E-state index contributed by atoms with van der Waals surface area (Å²) in [5.41, 5.74) is 0. The summed E-state index contributed by atoms with van der Waals surface area (Å²) >= 11 is 0. The van der Waals surface area contributed by atoms with Gasteiger partial charge in [-0.3, -0.25) is 9.79 Å². The summed E-state index contributed by atoms with van der Waals surface area (Å²) in [5, 5.41) is 9.39. The molecule has 0 heterocycles. The number of rotatable bonds is 10. The van der Waals surface area contributed by atoms with Gasteiger partial charge in [0.05, 0.1) is 19.3 Å². The van der Waals surface area contributed by atoms with E-state index in [2.05, 4.69) is 27.9 Å². The van der Waals surface area contributed by atoms with Gasteiger partial charge in [0.1, 0.15) is 0 Å². The molecule has 3 N–H and O–H groups in total. The van der Waals surface area contributed by atoms with Crippen LogP contribution in [0.4, 0.5) is 0 Å². The lowest BCUT2D eigenvalue weighted by Crippen LogP contribution is -2.40. The molecule has 0 saturated heterocycles. The monoisotopic (exact) mass is 354 g/mol. The number of hydrogen-bond donors (Lipinski definition) is 3. The van der Waals surface area contributed by atoms with E-state index < -0.39 is 0 Å². The summed E-state index contributed by atoms with van der Waals surface area (Å²) in [6, 6.07) is 0.232. The van der Waals surface area contributed by atoms with Gasteiger partial charge in [0.2, 0.25) is 5.91 Å². The predicted octanol–water partition coefficient (Wildman–Crippen LogP) is 2.59. The number of guanidine groups is 1. The molecule has 146 valence electrons. The van der Waals surface area contributed by atoms with Crippen LogP contribution in [0.25, 0.3) is 0 Å². The smallest absolute Gasteiger partial charge is 0.221 e. The minimum Gasteiger partial charge on any atom is -0.376 e. The highest BCUT2D eigenvalue weighted by Crippen LogP contribution is 2.19. The summed E-state index contributed by atoms with van der Waals surface area (Å²) in [6.45, 7) is 8.81. The molecule has 0 aromatic carbocycles. The van der Waals surface area contributed by atoms with Crippen LogP contribution in [-0.4, -0.2) is 50.3 Å². The molecule has 0 aromatic heterocycles. The van der Waals surface area contributed by atoms with Gasteiger partial charge in [0.15, 0.2) is 5.96 Å². The van der Waals surface area contributed by atoms with Crippen LogP contribution in [0, 0.1) is 0 Å². The Hall–Kier alpha value is -1.30. The maximum Gasteiger partial charge on any atom is 0.221 e. The first-order valence-corrected chi connectivity index (χ1v) is 10.1. The van der Waals surface area contributed by atoms with Gasteiger partial charge in [-0.15, -0.1) is 0 Å². The van der Waals surface area contributed by atoms with Crippen molar-refractivity contribution in [3.63, 3.8) is 0 Å². The van der Waals surface area contributed by atoms with E-state index in [9.17, 15) is 4.79 Å². The van der Waals surface area contributed by atoms with Gasteiger partial charge in [-0.2, -0.15) is 0 Å². The lowest BCUT2D eigenvalue weighted by molar-refractivity contribution is -0.121. The van der Waals surface area contributed by atoms with E-state index in [0.29, 0.717) is 32.2 Å². The number of hydrogen-bond acceptors (Lipinski definition) is 3. The normalized spacial score (nSPS) is 17.6. The quantitative estimate of drug-likeness (QED) is 0.244. The zero-order chi connectivity index (χ0) is 18.3. The molecule has 1 rings (SSSR count). The average Bonchev–Trinajstić information content (AvgIpc) is 2.87. The predicted molar refractivity (Wildman–Crippen MR) is 104 cm³/mol. The van der Waals surface area contributed by atoms with Crippen molar-refractivity contribution >= 4 is 11.9 Å². The van der Waals surface area contributed by atoms with Crippen molar-refractivity contribution in [1.29, 1.82) is 0 Å². The van der Waals surface area contributed by atoms with Gasteiger partial charge in [-0.1, -0.05) is 32.6 Å². The van der Waals surface area contributed by atoms with E-state index in [1.165, 1.54) is 38.5 Å². The average molecular weight is 355 g/mol. The molecule has 25 heavy (non-hydrogen) atoms. The van der Waals surface area contributed by atoms with Crippen molar-refractivity contribution in [3.05, 3.63) is 0 Å². The highest BCUT2D eigenvalue weighted by Gasteiger charge is 2.12. The summed E-state index contributed by atoms with van der Waals surface area (Å²) in [6.07, 6.45) is 9.46. The van der Waals surface area contributed by atoms with E-state index in [1.807, 2.05) is 13.8 Å². The maximum absolute atomic E-state index is 11.8. The first-order chi connectivity index (χ1) is 12.2.